The van der Waals surface area contributed by atoms with E-state index in [0.717, 1.165) is 4.90 Å². The number of sulfonamides is 1. The third kappa shape index (κ3) is 4.36. The quantitative estimate of drug-likeness (QED) is 0.584. The number of benzene rings is 1. The van der Waals surface area contributed by atoms with Crippen LogP contribution < -0.4 is 11.5 Å². The highest BCUT2D eigenvalue weighted by Crippen LogP contribution is 2.23. The molecule has 2 rings (SSSR count). The molecule has 1 unspecified atom stereocenters. The van der Waals surface area contributed by atoms with Crippen molar-refractivity contribution in [3.63, 3.8) is 0 Å². The van der Waals surface area contributed by atoms with Crippen LogP contribution in [0.3, 0.4) is 0 Å². The predicted molar refractivity (Wildman–Crippen MR) is 84.2 cm³/mol. The zero-order valence-corrected chi connectivity index (χ0v) is 13.2. The number of carbonyl (C=O) groups excluding carboxylic acids is 1. The van der Waals surface area contributed by atoms with Gasteiger partial charge in [0.15, 0.2) is 0 Å². The molecule has 0 bridgehead atoms. The van der Waals surface area contributed by atoms with Crippen LogP contribution in [0.4, 0.5) is 5.69 Å². The summed E-state index contributed by atoms with van der Waals surface area (Å²) in [5, 5.41) is 0. The number of rotatable bonds is 6. The Kier molecular flexibility index (Phi) is 5.13. The Labute approximate surface area is 128 Å². The molecule has 1 heterocycles. The number of hydrogen-bond acceptors (Lipinski definition) is 5. The molecule has 6 nitrogen and oxygen atoms in total. The summed E-state index contributed by atoms with van der Waals surface area (Å²) in [5.74, 6) is -0.301. The van der Waals surface area contributed by atoms with Gasteiger partial charge in [-0.1, -0.05) is 6.07 Å². The van der Waals surface area contributed by atoms with Crippen LogP contribution in [0.1, 0.15) is 6.42 Å². The SMILES string of the molecule is NC(=O)C1CCN(S(=O)(=O)CCSc2cccc(N)c2)C1. The second-order valence-electron chi connectivity index (χ2n) is 4.98. The number of nitrogens with zero attached hydrogens (tertiary/aromatic N) is 1. The Morgan fingerprint density at radius 2 is 2.19 bits per heavy atom. The summed E-state index contributed by atoms with van der Waals surface area (Å²) >= 11 is 1.45. The maximum Gasteiger partial charge on any atom is 0.221 e. The van der Waals surface area contributed by atoms with Crippen LogP contribution in [0.5, 0.6) is 0 Å². The van der Waals surface area contributed by atoms with Crippen molar-refractivity contribution in [3.05, 3.63) is 24.3 Å². The predicted octanol–water partition coefficient (Wildman–Crippen LogP) is 0.498. The third-order valence-electron chi connectivity index (χ3n) is 3.41. The zero-order chi connectivity index (χ0) is 15.5. The lowest BCUT2D eigenvalue weighted by atomic mass is 10.1. The lowest BCUT2D eigenvalue weighted by molar-refractivity contribution is -0.121. The molecule has 0 spiro atoms. The third-order valence-corrected chi connectivity index (χ3v) is 6.51. The Hall–Kier alpha value is -1.25. The zero-order valence-electron chi connectivity index (χ0n) is 11.6. The van der Waals surface area contributed by atoms with Crippen LogP contribution in [-0.2, 0) is 14.8 Å². The summed E-state index contributed by atoms with van der Waals surface area (Å²) in [5.41, 5.74) is 11.6. The van der Waals surface area contributed by atoms with Gasteiger partial charge in [0.25, 0.3) is 0 Å². The van der Waals surface area contributed by atoms with E-state index in [1.165, 1.54) is 16.1 Å². The first-order chi connectivity index (χ1) is 9.88. The number of nitrogen functional groups attached to an aromatic ring is 1. The molecule has 1 saturated heterocycles. The molecule has 21 heavy (non-hydrogen) atoms. The minimum Gasteiger partial charge on any atom is -0.399 e. The van der Waals surface area contributed by atoms with Gasteiger partial charge in [0.2, 0.25) is 15.9 Å². The highest BCUT2D eigenvalue weighted by Gasteiger charge is 2.33. The highest BCUT2D eigenvalue weighted by atomic mass is 32.2. The van der Waals surface area contributed by atoms with E-state index in [0.29, 0.717) is 24.4 Å². The van der Waals surface area contributed by atoms with Crippen molar-refractivity contribution in [1.82, 2.24) is 4.31 Å². The molecule has 0 aliphatic carbocycles. The number of amides is 1. The van der Waals surface area contributed by atoms with E-state index >= 15 is 0 Å². The fourth-order valence-corrected chi connectivity index (χ4v) is 5.07. The monoisotopic (exact) mass is 329 g/mol. The topological polar surface area (TPSA) is 106 Å². The van der Waals surface area contributed by atoms with Gasteiger partial charge in [-0.15, -0.1) is 11.8 Å². The molecule has 0 aromatic heterocycles. The first-order valence-electron chi connectivity index (χ1n) is 6.64. The normalized spacial score (nSPS) is 19.7. The average molecular weight is 329 g/mol. The summed E-state index contributed by atoms with van der Waals surface area (Å²) in [7, 11) is -3.33. The summed E-state index contributed by atoms with van der Waals surface area (Å²) in [6.07, 6.45) is 0.511. The maximum absolute atomic E-state index is 12.2. The molecule has 1 fully saturated rings. The second kappa shape index (κ2) is 6.67. The molecular formula is C13H19N3O3S2. The number of carbonyl (C=O) groups is 1. The molecule has 0 saturated carbocycles. The van der Waals surface area contributed by atoms with Gasteiger partial charge in [-0.3, -0.25) is 4.79 Å². The lowest BCUT2D eigenvalue weighted by Gasteiger charge is -2.15. The molecule has 1 amide bonds. The van der Waals surface area contributed by atoms with Crippen LogP contribution in [0.2, 0.25) is 0 Å². The Morgan fingerprint density at radius 1 is 1.43 bits per heavy atom. The van der Waals surface area contributed by atoms with Gasteiger partial charge in [0.05, 0.1) is 11.7 Å². The first kappa shape index (κ1) is 16.1. The van der Waals surface area contributed by atoms with E-state index in [9.17, 15) is 13.2 Å². The number of hydrogen-bond donors (Lipinski definition) is 2. The van der Waals surface area contributed by atoms with Crippen molar-refractivity contribution in [3.8, 4) is 0 Å². The van der Waals surface area contributed by atoms with Crippen molar-refractivity contribution in [2.24, 2.45) is 11.7 Å². The number of thioether (sulfide) groups is 1. The summed E-state index contributed by atoms with van der Waals surface area (Å²) in [6.45, 7) is 0.583. The van der Waals surface area contributed by atoms with Crippen LogP contribution >= 0.6 is 11.8 Å². The van der Waals surface area contributed by atoms with E-state index in [1.54, 1.807) is 6.07 Å². The Bertz CT molecular complexity index is 619. The average Bonchev–Trinajstić information content (AvgIpc) is 2.89. The van der Waals surface area contributed by atoms with Gasteiger partial charge in [-0.25, -0.2) is 12.7 Å². The molecule has 1 aliphatic heterocycles. The molecule has 4 N–H and O–H groups in total. The van der Waals surface area contributed by atoms with Gasteiger partial charge in [0.1, 0.15) is 0 Å². The van der Waals surface area contributed by atoms with Crippen LogP contribution in [0, 0.1) is 5.92 Å². The summed E-state index contributed by atoms with van der Waals surface area (Å²) in [4.78, 5) is 12.0. The molecule has 1 atom stereocenters. The number of nitrogens with two attached hydrogens (primary N) is 2. The molecular weight excluding hydrogens is 310 g/mol. The molecule has 1 aromatic carbocycles. The molecule has 0 radical (unpaired) electrons. The summed E-state index contributed by atoms with van der Waals surface area (Å²) in [6, 6.07) is 7.34. The van der Waals surface area contributed by atoms with Crippen molar-refractivity contribution < 1.29 is 13.2 Å². The van der Waals surface area contributed by atoms with E-state index in [1.807, 2.05) is 18.2 Å². The van der Waals surface area contributed by atoms with Crippen molar-refractivity contribution in [2.75, 3.05) is 30.3 Å². The molecule has 1 aromatic rings. The highest BCUT2D eigenvalue weighted by molar-refractivity contribution is 8.00. The molecule has 116 valence electrons. The maximum atomic E-state index is 12.2. The van der Waals surface area contributed by atoms with Gasteiger partial charge in [0, 0.05) is 29.4 Å². The summed E-state index contributed by atoms with van der Waals surface area (Å²) < 4.78 is 25.8. The van der Waals surface area contributed by atoms with E-state index in [4.69, 9.17) is 11.5 Å². The fourth-order valence-electron chi connectivity index (χ4n) is 2.21. The number of anilines is 1. The number of primary amides is 1. The van der Waals surface area contributed by atoms with Crippen molar-refractivity contribution in [2.45, 2.75) is 11.3 Å². The minimum atomic E-state index is -3.33. The standard InChI is InChI=1S/C13H19N3O3S2/c14-11-2-1-3-12(8-11)20-6-7-21(18,19)16-5-4-10(9-16)13(15)17/h1-3,8,10H,4-7,9,14H2,(H2,15,17). The van der Waals surface area contributed by atoms with Gasteiger partial charge in [-0.05, 0) is 24.6 Å². The largest absolute Gasteiger partial charge is 0.399 e. The van der Waals surface area contributed by atoms with E-state index in [2.05, 4.69) is 0 Å². The fraction of sp³-hybridized carbons (Fsp3) is 0.462. The van der Waals surface area contributed by atoms with Crippen molar-refractivity contribution in [1.29, 1.82) is 0 Å². The van der Waals surface area contributed by atoms with Crippen LogP contribution in [0.25, 0.3) is 0 Å². The molecule has 1 aliphatic rings. The van der Waals surface area contributed by atoms with Gasteiger partial charge < -0.3 is 11.5 Å². The van der Waals surface area contributed by atoms with Crippen LogP contribution in [-0.4, -0.2) is 43.2 Å². The van der Waals surface area contributed by atoms with Gasteiger partial charge >= 0.3 is 0 Å². The Morgan fingerprint density at radius 3 is 2.81 bits per heavy atom. The van der Waals surface area contributed by atoms with E-state index < -0.39 is 15.9 Å². The van der Waals surface area contributed by atoms with Crippen molar-refractivity contribution >= 4 is 33.4 Å². The lowest BCUT2D eigenvalue weighted by Crippen LogP contribution is -2.33. The van der Waals surface area contributed by atoms with E-state index in [-0.39, 0.29) is 18.2 Å². The second-order valence-corrected chi connectivity index (χ2v) is 8.24. The minimum absolute atomic E-state index is 0.0396. The molecule has 8 heteroatoms. The first-order valence-corrected chi connectivity index (χ1v) is 9.23. The van der Waals surface area contributed by atoms with Crippen LogP contribution in [0.15, 0.2) is 29.2 Å². The Balaban J connectivity index is 1.86. The smallest absolute Gasteiger partial charge is 0.221 e. The van der Waals surface area contributed by atoms with Gasteiger partial charge in [-0.2, -0.15) is 0 Å².